The van der Waals surface area contributed by atoms with Gasteiger partial charge in [0.25, 0.3) is 5.91 Å². The molecule has 0 aliphatic heterocycles. The number of ether oxygens (including phenoxy) is 1. The van der Waals surface area contributed by atoms with Crippen LogP contribution in [0.25, 0.3) is 22.5 Å². The number of anilines is 2. The average Bonchev–Trinajstić information content (AvgIpc) is 3.20. The molecule has 0 aliphatic carbocycles. The second kappa shape index (κ2) is 8.83. The van der Waals surface area contributed by atoms with E-state index in [1.165, 1.54) is 30.5 Å². The van der Waals surface area contributed by atoms with Gasteiger partial charge in [0.1, 0.15) is 11.6 Å². The molecule has 0 fully saturated rings. The molecule has 3 N–H and O–H groups in total. The van der Waals surface area contributed by atoms with Crippen LogP contribution in [-0.4, -0.2) is 31.2 Å². The predicted molar refractivity (Wildman–Crippen MR) is 120 cm³/mol. The molecule has 0 saturated carbocycles. The zero-order chi connectivity index (χ0) is 23.6. The lowest BCUT2D eigenvalue weighted by Gasteiger charge is -2.13. The Kier molecular flexibility index (Phi) is 5.93. The van der Waals surface area contributed by atoms with Crippen molar-refractivity contribution in [2.45, 2.75) is 5.57 Å². The maximum absolute atomic E-state index is 12.9. The van der Waals surface area contributed by atoms with Crippen LogP contribution >= 0.6 is 11.6 Å². The Balaban J connectivity index is 1.64. The number of alkyl halides is 3. The first kappa shape index (κ1) is 22.2. The molecule has 0 unspecified atom stereocenters. The highest BCUT2D eigenvalue weighted by Gasteiger charge is 2.27. The molecule has 11 heteroatoms. The zero-order valence-electron chi connectivity index (χ0n) is 17.2. The third kappa shape index (κ3) is 5.24. The minimum Gasteiger partial charge on any atom is -0.420 e. The number of pyridine rings is 2. The Morgan fingerprint density at radius 1 is 1.12 bits per heavy atom. The molecule has 33 heavy (non-hydrogen) atoms. The number of nitrogen functional groups attached to an aromatic ring is 1. The molecular weight excluding hydrogens is 454 g/mol. The number of nitrogens with two attached hydrogens (primary N) is 1. The van der Waals surface area contributed by atoms with Crippen LogP contribution in [0.3, 0.4) is 0 Å². The summed E-state index contributed by atoms with van der Waals surface area (Å²) in [5, 5.41) is 6.87. The number of nitrogens with zero attached hydrogens (tertiary/aromatic N) is 4. The van der Waals surface area contributed by atoms with E-state index < -0.39 is 11.5 Å². The molecular formula is C22H17ClF2N6O2. The van der Waals surface area contributed by atoms with Gasteiger partial charge in [-0.2, -0.15) is 5.10 Å². The first-order valence-electron chi connectivity index (χ1n) is 9.57. The van der Waals surface area contributed by atoms with E-state index in [0.29, 0.717) is 28.3 Å². The van der Waals surface area contributed by atoms with Gasteiger partial charge in [0.05, 0.1) is 17.0 Å². The predicted octanol–water partition coefficient (Wildman–Crippen LogP) is 4.55. The van der Waals surface area contributed by atoms with Gasteiger partial charge in [0, 0.05) is 54.1 Å². The molecule has 4 aromatic rings. The summed E-state index contributed by atoms with van der Waals surface area (Å²) in [6, 6.07) is 12.3. The monoisotopic (exact) mass is 470 g/mol. The van der Waals surface area contributed by atoms with Gasteiger partial charge in [-0.3, -0.25) is 14.5 Å². The summed E-state index contributed by atoms with van der Waals surface area (Å²) in [5.41, 5.74) is 5.27. The van der Waals surface area contributed by atoms with Gasteiger partial charge < -0.3 is 15.8 Å². The van der Waals surface area contributed by atoms with Crippen LogP contribution in [0.2, 0.25) is 0 Å². The number of carbonyl (C=O) groups is 1. The van der Waals surface area contributed by atoms with Crippen molar-refractivity contribution in [1.29, 1.82) is 0 Å². The fourth-order valence-electron chi connectivity index (χ4n) is 3.13. The molecule has 0 saturated heterocycles. The minimum atomic E-state index is -3.82. The summed E-state index contributed by atoms with van der Waals surface area (Å²) in [6.07, 6.45) is 4.69. The zero-order valence-corrected chi connectivity index (χ0v) is 17.9. The van der Waals surface area contributed by atoms with Crippen molar-refractivity contribution >= 4 is 29.0 Å². The number of aromatic nitrogens is 4. The number of amides is 1. The SMILES string of the molecule is Cn1nccc1-c1ncc(C(=O)Nc2ccc(OC(F)(F)Cl)cc2)cc1-c1ccc(N)nc1. The maximum atomic E-state index is 12.9. The van der Waals surface area contributed by atoms with E-state index in [-0.39, 0.29) is 11.3 Å². The van der Waals surface area contributed by atoms with Gasteiger partial charge in [-0.15, -0.1) is 8.78 Å². The molecule has 0 atom stereocenters. The number of rotatable bonds is 6. The molecule has 0 spiro atoms. The maximum Gasteiger partial charge on any atom is 0.487 e. The third-order valence-electron chi connectivity index (χ3n) is 4.66. The van der Waals surface area contributed by atoms with Crippen LogP contribution in [0.1, 0.15) is 10.4 Å². The number of hydrogen-bond acceptors (Lipinski definition) is 6. The third-order valence-corrected chi connectivity index (χ3v) is 4.73. The first-order chi connectivity index (χ1) is 15.7. The Hall–Kier alpha value is -4.05. The largest absolute Gasteiger partial charge is 0.487 e. The summed E-state index contributed by atoms with van der Waals surface area (Å²) in [7, 11) is 1.79. The van der Waals surface area contributed by atoms with Gasteiger partial charge in [0.15, 0.2) is 0 Å². The topological polar surface area (TPSA) is 108 Å². The smallest absolute Gasteiger partial charge is 0.420 e. The standard InChI is InChI=1S/C22H17ClF2N6O2/c1-31-18(8-9-29-31)20-17(13-2-7-19(26)27-11-13)10-14(12-28-20)21(32)30-15-3-5-16(6-4-15)33-22(23,24)25/h2-12H,1H3,(H2,26,27)(H,30,32). The summed E-state index contributed by atoms with van der Waals surface area (Å²) >= 11 is 4.76. The van der Waals surface area contributed by atoms with E-state index in [2.05, 4.69) is 25.1 Å². The van der Waals surface area contributed by atoms with Crippen molar-refractivity contribution in [3.05, 3.63) is 72.7 Å². The highest BCUT2D eigenvalue weighted by Crippen LogP contribution is 2.31. The lowest BCUT2D eigenvalue weighted by atomic mass is 10.0. The summed E-state index contributed by atoms with van der Waals surface area (Å²) in [4.78, 5) is 21.5. The van der Waals surface area contributed by atoms with Gasteiger partial charge in [-0.25, -0.2) is 4.98 Å². The van der Waals surface area contributed by atoms with Crippen molar-refractivity contribution in [2.75, 3.05) is 11.1 Å². The highest BCUT2D eigenvalue weighted by atomic mass is 35.5. The van der Waals surface area contributed by atoms with Crippen LogP contribution in [-0.2, 0) is 7.05 Å². The molecule has 3 aromatic heterocycles. The van der Waals surface area contributed by atoms with Crippen LogP contribution in [0.4, 0.5) is 20.3 Å². The highest BCUT2D eigenvalue weighted by molar-refractivity contribution is 6.20. The Bertz CT molecular complexity index is 1290. The Morgan fingerprint density at radius 2 is 1.88 bits per heavy atom. The number of aryl methyl sites for hydroxylation is 1. The van der Waals surface area contributed by atoms with Crippen LogP contribution in [0.15, 0.2) is 67.1 Å². The van der Waals surface area contributed by atoms with Crippen LogP contribution < -0.4 is 15.8 Å². The van der Waals surface area contributed by atoms with Crippen molar-refractivity contribution in [1.82, 2.24) is 19.7 Å². The molecule has 0 aliphatic rings. The van der Waals surface area contributed by atoms with Crippen molar-refractivity contribution in [3.8, 4) is 28.3 Å². The summed E-state index contributed by atoms with van der Waals surface area (Å²) in [6.45, 7) is 0. The molecule has 0 bridgehead atoms. The molecule has 1 aromatic carbocycles. The lowest BCUT2D eigenvalue weighted by Crippen LogP contribution is -2.16. The molecule has 168 valence electrons. The first-order valence-corrected chi connectivity index (χ1v) is 9.95. The molecule has 4 rings (SSSR count). The van der Waals surface area contributed by atoms with Gasteiger partial charge in [-0.05, 0) is 48.5 Å². The molecule has 0 radical (unpaired) electrons. The van der Waals surface area contributed by atoms with E-state index >= 15 is 0 Å². The van der Waals surface area contributed by atoms with Gasteiger partial charge in [-0.1, -0.05) is 0 Å². The summed E-state index contributed by atoms with van der Waals surface area (Å²) < 4.78 is 31.4. The minimum absolute atomic E-state index is 0.145. The number of carbonyl (C=O) groups excluding carboxylic acids is 1. The van der Waals surface area contributed by atoms with Crippen molar-refractivity contribution < 1.29 is 18.3 Å². The fourth-order valence-corrected chi connectivity index (χ4v) is 3.22. The van der Waals surface area contributed by atoms with E-state index in [0.717, 1.165) is 5.69 Å². The molecule has 3 heterocycles. The van der Waals surface area contributed by atoms with Gasteiger partial charge >= 0.3 is 5.57 Å². The van der Waals surface area contributed by atoms with E-state index in [1.807, 2.05) is 6.07 Å². The second-order valence-corrected chi connectivity index (χ2v) is 7.40. The van der Waals surface area contributed by atoms with Crippen LogP contribution in [0.5, 0.6) is 5.75 Å². The lowest BCUT2D eigenvalue weighted by molar-refractivity contribution is -0.0964. The number of hydrogen-bond donors (Lipinski definition) is 2. The number of nitrogens with one attached hydrogen (secondary N) is 1. The number of benzene rings is 1. The fraction of sp³-hybridized carbons (Fsp3) is 0.0909. The second-order valence-electron chi connectivity index (χ2n) is 6.96. The van der Waals surface area contributed by atoms with Crippen molar-refractivity contribution in [2.24, 2.45) is 7.05 Å². The van der Waals surface area contributed by atoms with E-state index in [9.17, 15) is 13.6 Å². The van der Waals surface area contributed by atoms with Crippen LogP contribution in [0, 0.1) is 0 Å². The van der Waals surface area contributed by atoms with E-state index in [1.54, 1.807) is 42.3 Å². The quantitative estimate of drug-likeness (QED) is 0.400. The molecule has 1 amide bonds. The van der Waals surface area contributed by atoms with Gasteiger partial charge in [0.2, 0.25) is 0 Å². The summed E-state index contributed by atoms with van der Waals surface area (Å²) in [5.74, 6) is -0.226. The normalized spacial score (nSPS) is 11.3. The number of halogens is 3. The van der Waals surface area contributed by atoms with Crippen molar-refractivity contribution in [3.63, 3.8) is 0 Å². The van der Waals surface area contributed by atoms with E-state index in [4.69, 9.17) is 17.3 Å². The Morgan fingerprint density at radius 3 is 2.48 bits per heavy atom. The Labute approximate surface area is 192 Å². The average molecular weight is 471 g/mol. The molecule has 8 nitrogen and oxygen atoms in total.